The lowest BCUT2D eigenvalue weighted by Crippen LogP contribution is -2.49. The van der Waals surface area contributed by atoms with Gasteiger partial charge in [-0.05, 0) is 49.7 Å². The molecule has 0 radical (unpaired) electrons. The number of hydrogen-bond acceptors (Lipinski definition) is 2. The van der Waals surface area contributed by atoms with Gasteiger partial charge in [-0.3, -0.25) is 4.79 Å². The van der Waals surface area contributed by atoms with Crippen LogP contribution in [-0.4, -0.2) is 37.5 Å². The summed E-state index contributed by atoms with van der Waals surface area (Å²) in [7, 11) is 2.00. The molecule has 0 aromatic heterocycles. The van der Waals surface area contributed by atoms with Crippen molar-refractivity contribution < 1.29 is 4.79 Å². The minimum absolute atomic E-state index is 0.264. The first-order valence-electron chi connectivity index (χ1n) is 8.38. The molecule has 1 aliphatic heterocycles. The summed E-state index contributed by atoms with van der Waals surface area (Å²) in [5, 5.41) is 0. The molecule has 1 unspecified atom stereocenters. The molecule has 3 heteroatoms. The molecule has 118 valence electrons. The van der Waals surface area contributed by atoms with Crippen LogP contribution in [0.1, 0.15) is 32.1 Å². The van der Waals surface area contributed by atoms with Crippen molar-refractivity contribution in [3.05, 3.63) is 42.5 Å². The van der Waals surface area contributed by atoms with Gasteiger partial charge in [0.1, 0.15) is 0 Å². The Hall–Kier alpha value is -1.77. The molecule has 1 saturated heterocycles. The van der Waals surface area contributed by atoms with Gasteiger partial charge in [0.2, 0.25) is 5.91 Å². The molecule has 1 spiro atoms. The Morgan fingerprint density at radius 2 is 2.05 bits per heavy atom. The second-order valence-electron chi connectivity index (χ2n) is 6.82. The van der Waals surface area contributed by atoms with Crippen molar-refractivity contribution in [2.24, 2.45) is 5.41 Å². The Bertz CT molecular complexity index is 540. The molecule has 1 aromatic rings. The molecule has 3 rings (SSSR count). The van der Waals surface area contributed by atoms with E-state index in [4.69, 9.17) is 0 Å². The van der Waals surface area contributed by atoms with Gasteiger partial charge in [-0.1, -0.05) is 30.4 Å². The predicted octanol–water partition coefficient (Wildman–Crippen LogP) is 3.47. The molecule has 1 aliphatic carbocycles. The Labute approximate surface area is 133 Å². The summed E-state index contributed by atoms with van der Waals surface area (Å²) in [6.07, 6.45) is 10.6. The number of para-hydroxylation sites is 1. The van der Waals surface area contributed by atoms with Crippen LogP contribution >= 0.6 is 0 Å². The third kappa shape index (κ3) is 3.34. The fraction of sp³-hybridized carbons (Fsp3) is 0.526. The summed E-state index contributed by atoms with van der Waals surface area (Å²) in [6.45, 7) is 2.33. The summed E-state index contributed by atoms with van der Waals surface area (Å²) in [4.78, 5) is 16.8. The van der Waals surface area contributed by atoms with Crippen LogP contribution in [0.5, 0.6) is 0 Å². The van der Waals surface area contributed by atoms with Crippen molar-refractivity contribution in [3.63, 3.8) is 0 Å². The zero-order chi connectivity index (χ0) is 15.4. The van der Waals surface area contributed by atoms with E-state index in [1.165, 1.54) is 19.3 Å². The number of likely N-dealkylation sites (tertiary alicyclic amines) is 1. The monoisotopic (exact) mass is 298 g/mol. The van der Waals surface area contributed by atoms with Crippen LogP contribution < -0.4 is 4.90 Å². The molecular weight excluding hydrogens is 272 g/mol. The number of carbonyl (C=O) groups is 1. The minimum Gasteiger partial charge on any atom is -0.365 e. The predicted molar refractivity (Wildman–Crippen MR) is 91.0 cm³/mol. The molecule has 1 fully saturated rings. The molecule has 1 atom stereocenters. The largest absolute Gasteiger partial charge is 0.365 e. The van der Waals surface area contributed by atoms with Crippen LogP contribution in [0.4, 0.5) is 5.69 Å². The van der Waals surface area contributed by atoms with Crippen molar-refractivity contribution in [2.75, 3.05) is 31.6 Å². The molecule has 0 saturated carbocycles. The van der Waals surface area contributed by atoms with E-state index >= 15 is 0 Å². The van der Waals surface area contributed by atoms with E-state index < -0.39 is 0 Å². The smallest absolute Gasteiger partial charge is 0.242 e. The van der Waals surface area contributed by atoms with E-state index in [2.05, 4.69) is 29.2 Å². The third-order valence-corrected chi connectivity index (χ3v) is 5.14. The SMILES string of the molecule is CN(CC(=O)N1CCCC2(CC=CCC2)C1)c1ccccc1. The molecule has 0 bridgehead atoms. The summed E-state index contributed by atoms with van der Waals surface area (Å²) in [5.74, 6) is 0.264. The van der Waals surface area contributed by atoms with Gasteiger partial charge in [0, 0.05) is 25.8 Å². The third-order valence-electron chi connectivity index (χ3n) is 5.14. The standard InChI is InChI=1S/C19H26N2O/c1-20(17-9-4-2-5-10-17)15-18(22)21-14-8-13-19(16-21)11-6-3-7-12-19/h2-6,9-10H,7-8,11-16H2,1H3. The fourth-order valence-electron chi connectivity index (χ4n) is 3.81. The number of benzene rings is 1. The van der Waals surface area contributed by atoms with Crippen LogP contribution in [0.2, 0.25) is 0 Å². The van der Waals surface area contributed by atoms with E-state index in [-0.39, 0.29) is 5.91 Å². The first-order valence-corrected chi connectivity index (χ1v) is 8.38. The van der Waals surface area contributed by atoms with Gasteiger partial charge in [0.15, 0.2) is 0 Å². The van der Waals surface area contributed by atoms with Crippen LogP contribution in [0.25, 0.3) is 0 Å². The fourth-order valence-corrected chi connectivity index (χ4v) is 3.81. The molecular formula is C19H26N2O. The minimum atomic E-state index is 0.264. The zero-order valence-corrected chi connectivity index (χ0v) is 13.5. The van der Waals surface area contributed by atoms with E-state index in [0.717, 1.165) is 31.6 Å². The lowest BCUT2D eigenvalue weighted by Gasteiger charge is -2.44. The Morgan fingerprint density at radius 1 is 1.23 bits per heavy atom. The van der Waals surface area contributed by atoms with E-state index in [9.17, 15) is 4.79 Å². The van der Waals surface area contributed by atoms with Gasteiger partial charge in [-0.2, -0.15) is 0 Å². The second kappa shape index (κ2) is 6.55. The van der Waals surface area contributed by atoms with Gasteiger partial charge in [-0.15, -0.1) is 0 Å². The Morgan fingerprint density at radius 3 is 2.77 bits per heavy atom. The summed E-state index contributed by atoms with van der Waals surface area (Å²) >= 11 is 0. The number of allylic oxidation sites excluding steroid dienone is 2. The molecule has 22 heavy (non-hydrogen) atoms. The van der Waals surface area contributed by atoms with Gasteiger partial charge < -0.3 is 9.80 Å². The van der Waals surface area contributed by atoms with Gasteiger partial charge in [0.25, 0.3) is 0 Å². The highest BCUT2D eigenvalue weighted by Crippen LogP contribution is 2.40. The number of hydrogen-bond donors (Lipinski definition) is 0. The number of carbonyl (C=O) groups excluding carboxylic acids is 1. The first-order chi connectivity index (χ1) is 10.7. The van der Waals surface area contributed by atoms with E-state index in [1.807, 2.05) is 30.1 Å². The normalized spacial score (nSPS) is 24.5. The summed E-state index contributed by atoms with van der Waals surface area (Å²) in [6, 6.07) is 10.1. The van der Waals surface area contributed by atoms with Crippen LogP contribution in [0.3, 0.4) is 0 Å². The maximum atomic E-state index is 12.7. The molecule has 3 nitrogen and oxygen atoms in total. The molecule has 1 amide bonds. The Kier molecular flexibility index (Phi) is 4.51. The van der Waals surface area contributed by atoms with E-state index in [0.29, 0.717) is 12.0 Å². The van der Waals surface area contributed by atoms with Crippen molar-refractivity contribution in [2.45, 2.75) is 32.1 Å². The number of rotatable bonds is 3. The number of amides is 1. The quantitative estimate of drug-likeness (QED) is 0.798. The number of nitrogens with zero attached hydrogens (tertiary/aromatic N) is 2. The molecule has 2 aliphatic rings. The van der Waals surface area contributed by atoms with Crippen molar-refractivity contribution in [3.8, 4) is 0 Å². The highest BCUT2D eigenvalue weighted by molar-refractivity contribution is 5.81. The summed E-state index contributed by atoms with van der Waals surface area (Å²) in [5.41, 5.74) is 1.46. The first kappa shape index (κ1) is 15.1. The van der Waals surface area contributed by atoms with E-state index in [1.54, 1.807) is 0 Å². The maximum absolute atomic E-state index is 12.7. The van der Waals surface area contributed by atoms with Gasteiger partial charge in [-0.25, -0.2) is 0 Å². The van der Waals surface area contributed by atoms with Crippen molar-refractivity contribution in [1.82, 2.24) is 4.90 Å². The van der Waals surface area contributed by atoms with Gasteiger partial charge >= 0.3 is 0 Å². The van der Waals surface area contributed by atoms with Crippen LogP contribution in [0, 0.1) is 5.41 Å². The number of piperidine rings is 1. The average Bonchev–Trinajstić information content (AvgIpc) is 2.56. The highest BCUT2D eigenvalue weighted by Gasteiger charge is 2.36. The zero-order valence-electron chi connectivity index (χ0n) is 13.5. The molecule has 1 heterocycles. The topological polar surface area (TPSA) is 23.6 Å². The number of anilines is 1. The lowest BCUT2D eigenvalue weighted by atomic mass is 9.71. The highest BCUT2D eigenvalue weighted by atomic mass is 16.2. The van der Waals surface area contributed by atoms with Gasteiger partial charge in [0.05, 0.1) is 6.54 Å². The second-order valence-corrected chi connectivity index (χ2v) is 6.82. The van der Waals surface area contributed by atoms with Crippen molar-refractivity contribution in [1.29, 1.82) is 0 Å². The maximum Gasteiger partial charge on any atom is 0.242 e. The molecule has 1 aromatic carbocycles. The average molecular weight is 298 g/mol. The van der Waals surface area contributed by atoms with Crippen molar-refractivity contribution >= 4 is 11.6 Å². The number of likely N-dealkylation sites (N-methyl/N-ethyl adjacent to an activating group) is 1. The Balaban J connectivity index is 1.61. The van der Waals surface area contributed by atoms with Crippen LogP contribution in [-0.2, 0) is 4.79 Å². The lowest BCUT2D eigenvalue weighted by molar-refractivity contribution is -0.133. The van der Waals surface area contributed by atoms with Crippen LogP contribution in [0.15, 0.2) is 42.5 Å². The molecule has 0 N–H and O–H groups in total. The summed E-state index contributed by atoms with van der Waals surface area (Å²) < 4.78 is 0.